The molecule has 0 radical (unpaired) electrons. The summed E-state index contributed by atoms with van der Waals surface area (Å²) in [6, 6.07) is 9.28. The van der Waals surface area contributed by atoms with Gasteiger partial charge in [0.25, 0.3) is 0 Å². The highest BCUT2D eigenvalue weighted by atomic mass is 16.6. The van der Waals surface area contributed by atoms with Crippen molar-refractivity contribution >= 4 is 23.8 Å². The van der Waals surface area contributed by atoms with Crippen molar-refractivity contribution in [3.63, 3.8) is 0 Å². The molecule has 4 aliphatic carbocycles. The molecule has 1 aromatic carbocycles. The molecule has 8 nitrogen and oxygen atoms in total. The van der Waals surface area contributed by atoms with E-state index < -0.39 is 69.5 Å². The van der Waals surface area contributed by atoms with Gasteiger partial charge in [0.15, 0.2) is 0 Å². The number of aliphatic hydroxyl groups excluding tert-OH is 2. The first-order chi connectivity index (χ1) is 18.1. The highest BCUT2D eigenvalue weighted by Crippen LogP contribution is 2.86. The Morgan fingerprint density at radius 1 is 1.10 bits per heavy atom. The van der Waals surface area contributed by atoms with Crippen LogP contribution in [0.15, 0.2) is 48.6 Å². The predicted molar refractivity (Wildman–Crippen MR) is 142 cm³/mol. The highest BCUT2D eigenvalue weighted by molar-refractivity contribution is 5.88. The van der Waals surface area contributed by atoms with Crippen molar-refractivity contribution in [2.75, 3.05) is 0 Å². The summed E-state index contributed by atoms with van der Waals surface area (Å²) in [6.07, 6.45) is -1.61. The third kappa shape index (κ3) is 3.03. The second-order valence-electron chi connectivity index (χ2n) is 12.6. The van der Waals surface area contributed by atoms with Crippen LogP contribution in [0.4, 0.5) is 0 Å². The maximum atomic E-state index is 13.5. The number of aliphatic hydroxyl groups is 3. The molecule has 0 amide bonds. The molecule has 2 bridgehead atoms. The third-order valence-corrected chi connectivity index (χ3v) is 11.1. The van der Waals surface area contributed by atoms with Gasteiger partial charge in [-0.15, -0.1) is 0 Å². The van der Waals surface area contributed by atoms with Gasteiger partial charge in [0.05, 0.1) is 12.2 Å². The third-order valence-electron chi connectivity index (χ3n) is 11.1. The van der Waals surface area contributed by atoms with Crippen LogP contribution in [0.3, 0.4) is 0 Å². The molecule has 3 N–H and O–H groups in total. The van der Waals surface area contributed by atoms with E-state index >= 15 is 0 Å². The number of hydrogen-bond acceptors (Lipinski definition) is 8. The smallest absolute Gasteiger partial charge is 0.331 e. The monoisotopic (exact) mass is 538 g/mol. The summed E-state index contributed by atoms with van der Waals surface area (Å²) < 4.78 is 11.7. The Labute approximate surface area is 228 Å². The Hall–Kier alpha value is -2.81. The van der Waals surface area contributed by atoms with E-state index in [-0.39, 0.29) is 18.6 Å². The Morgan fingerprint density at radius 2 is 1.74 bits per heavy atom. The number of ether oxygens (including phenoxy) is 2. The Balaban J connectivity index is 1.65. The molecule has 0 aromatic heterocycles. The maximum Gasteiger partial charge on any atom is 0.331 e. The molecule has 4 aliphatic rings. The second kappa shape index (κ2) is 8.59. The summed E-state index contributed by atoms with van der Waals surface area (Å²) in [6.45, 7) is 12.6. The van der Waals surface area contributed by atoms with Crippen molar-refractivity contribution in [3.05, 3.63) is 54.1 Å². The zero-order chi connectivity index (χ0) is 28.8. The van der Waals surface area contributed by atoms with Crippen molar-refractivity contribution < 1.29 is 39.2 Å². The first-order valence-corrected chi connectivity index (χ1v) is 13.6. The van der Waals surface area contributed by atoms with Crippen molar-refractivity contribution in [1.82, 2.24) is 0 Å². The topological polar surface area (TPSA) is 130 Å². The Kier molecular flexibility index (Phi) is 6.11. The molecular formula is C31H38O8. The predicted octanol–water partition coefficient (Wildman–Crippen LogP) is 2.99. The molecule has 0 heterocycles. The minimum atomic E-state index is -1.89. The Morgan fingerprint density at radius 3 is 2.36 bits per heavy atom. The fraction of sp³-hybridized carbons (Fsp3) is 0.581. The minimum Gasteiger partial charge on any atom is -0.459 e. The lowest BCUT2D eigenvalue weighted by molar-refractivity contribution is -0.207. The van der Waals surface area contributed by atoms with E-state index in [2.05, 4.69) is 6.58 Å². The van der Waals surface area contributed by atoms with E-state index in [1.54, 1.807) is 26.8 Å². The van der Waals surface area contributed by atoms with Gasteiger partial charge in [-0.05, 0) is 30.1 Å². The number of hydrogen-bond donors (Lipinski definition) is 3. The van der Waals surface area contributed by atoms with Gasteiger partial charge in [-0.1, -0.05) is 64.6 Å². The first-order valence-electron chi connectivity index (χ1n) is 13.6. The number of ketones is 1. The van der Waals surface area contributed by atoms with Gasteiger partial charge in [0.2, 0.25) is 0 Å². The zero-order valence-electron chi connectivity index (χ0n) is 23.1. The number of Topliss-reactive ketones (excluding diaryl/α,β-unsaturated/α-hetero) is 1. The highest BCUT2D eigenvalue weighted by Gasteiger charge is 2.94. The van der Waals surface area contributed by atoms with E-state index in [1.165, 1.54) is 13.0 Å². The van der Waals surface area contributed by atoms with Gasteiger partial charge >= 0.3 is 11.9 Å². The van der Waals surface area contributed by atoms with Crippen LogP contribution in [-0.4, -0.2) is 63.1 Å². The number of esters is 2. The van der Waals surface area contributed by atoms with E-state index in [1.807, 2.05) is 37.3 Å². The Bertz CT molecular complexity index is 1270. The largest absolute Gasteiger partial charge is 0.459 e. The fourth-order valence-corrected chi connectivity index (χ4v) is 9.52. The molecule has 2 spiro atoms. The van der Waals surface area contributed by atoms with Crippen molar-refractivity contribution in [2.24, 2.45) is 27.6 Å². The molecule has 0 aliphatic heterocycles. The molecule has 0 saturated heterocycles. The summed E-state index contributed by atoms with van der Waals surface area (Å²) in [5, 5.41) is 36.4. The van der Waals surface area contributed by atoms with Gasteiger partial charge in [0.1, 0.15) is 23.6 Å². The number of rotatable bonds is 4. The van der Waals surface area contributed by atoms with Gasteiger partial charge < -0.3 is 24.8 Å². The van der Waals surface area contributed by atoms with Gasteiger partial charge in [0, 0.05) is 47.0 Å². The van der Waals surface area contributed by atoms with E-state index in [0.29, 0.717) is 12.0 Å². The van der Waals surface area contributed by atoms with Gasteiger partial charge in [-0.2, -0.15) is 0 Å². The molecule has 210 valence electrons. The number of carbonyl (C=O) groups is 3. The molecule has 5 rings (SSSR count). The van der Waals surface area contributed by atoms with E-state index in [4.69, 9.17) is 9.47 Å². The van der Waals surface area contributed by atoms with Crippen LogP contribution < -0.4 is 0 Å². The summed E-state index contributed by atoms with van der Waals surface area (Å²) in [5.74, 6) is -2.32. The molecule has 4 fully saturated rings. The molecular weight excluding hydrogens is 500 g/mol. The lowest BCUT2D eigenvalue weighted by atomic mass is 9.42. The average Bonchev–Trinajstić information content (AvgIpc) is 3.09. The van der Waals surface area contributed by atoms with Crippen LogP contribution >= 0.6 is 0 Å². The van der Waals surface area contributed by atoms with Crippen molar-refractivity contribution in [1.29, 1.82) is 0 Å². The number of fused-ring (bicyclic) bond motifs is 1. The van der Waals surface area contributed by atoms with Crippen molar-refractivity contribution in [2.45, 2.75) is 83.9 Å². The zero-order valence-corrected chi connectivity index (χ0v) is 23.1. The average molecular weight is 539 g/mol. The summed E-state index contributed by atoms with van der Waals surface area (Å²) >= 11 is 0. The van der Waals surface area contributed by atoms with Gasteiger partial charge in [-0.3, -0.25) is 9.59 Å². The quantitative estimate of drug-likeness (QED) is 0.303. The maximum absolute atomic E-state index is 13.5. The van der Waals surface area contributed by atoms with E-state index in [0.717, 1.165) is 5.56 Å². The minimum absolute atomic E-state index is 0.285. The molecule has 1 aromatic rings. The standard InChI is InChI=1S/C31H38O8/c1-17-21(33)16-29(37)26(36)31-18(2)22(39-23(34)13-12-20-10-8-7-9-11-20)14-15-28(31,6)25(38-19(3)32)24(35)30(17,31)27(29,4)5/h7-13,17,22,24-26,35-37H,2,14-16H2,1,3-6H3/t17-,22-,24-,25-,26+,28-,29-,30+,31+/m0/s1. The van der Waals surface area contributed by atoms with Crippen LogP contribution in [0.2, 0.25) is 0 Å². The SMILES string of the molecule is C=C1[C@@H](OC(=O)C=Cc2ccccc2)CC[C@@]2(C)[C@@H](OC(C)=O)[C@H](O)[C@@]34[C@@H](C)C(=O)C[C@](O)([C@@H](O)[C@@]132)C4(C)C. The van der Waals surface area contributed by atoms with Crippen LogP contribution in [0.1, 0.15) is 59.4 Å². The lowest BCUT2D eigenvalue weighted by Crippen LogP contribution is -2.64. The van der Waals surface area contributed by atoms with Crippen LogP contribution in [-0.2, 0) is 23.9 Å². The van der Waals surface area contributed by atoms with Gasteiger partial charge in [-0.25, -0.2) is 4.79 Å². The fourth-order valence-electron chi connectivity index (χ4n) is 9.52. The summed E-state index contributed by atoms with van der Waals surface area (Å²) in [4.78, 5) is 38.7. The molecule has 9 atom stereocenters. The number of benzene rings is 1. The van der Waals surface area contributed by atoms with Crippen LogP contribution in [0.25, 0.3) is 6.08 Å². The summed E-state index contributed by atoms with van der Waals surface area (Å²) in [7, 11) is 0. The number of carbonyl (C=O) groups excluding carboxylic acids is 3. The van der Waals surface area contributed by atoms with Crippen LogP contribution in [0.5, 0.6) is 0 Å². The van der Waals surface area contributed by atoms with Crippen molar-refractivity contribution in [3.8, 4) is 0 Å². The first kappa shape index (κ1) is 27.7. The second-order valence-corrected chi connectivity index (χ2v) is 12.6. The summed E-state index contributed by atoms with van der Waals surface area (Å²) in [5.41, 5.74) is -6.02. The molecule has 8 heteroatoms. The molecule has 39 heavy (non-hydrogen) atoms. The normalized spacial score (nSPS) is 44.2. The van der Waals surface area contributed by atoms with Crippen LogP contribution in [0, 0.1) is 27.6 Å². The van der Waals surface area contributed by atoms with E-state index in [9.17, 15) is 29.7 Å². The lowest BCUT2D eigenvalue weighted by Gasteiger charge is -2.60. The molecule has 4 saturated carbocycles. The molecule has 0 unspecified atom stereocenters.